The Balaban J connectivity index is 3.17. The van der Waals surface area contributed by atoms with Crippen molar-refractivity contribution >= 4 is 50.9 Å². The molecule has 0 fully saturated rings. The number of rotatable bonds is 8. The molecule has 30 heavy (non-hydrogen) atoms. The van der Waals surface area contributed by atoms with Crippen molar-refractivity contribution in [1.29, 1.82) is 0 Å². The molecule has 0 amide bonds. The summed E-state index contributed by atoms with van der Waals surface area (Å²) in [5.41, 5.74) is 2.39. The summed E-state index contributed by atoms with van der Waals surface area (Å²) >= 11 is 0.967. The fourth-order valence-electron chi connectivity index (χ4n) is 1.47. The van der Waals surface area contributed by atoms with Crippen LogP contribution in [0.1, 0.15) is 40.3 Å². The molecule has 0 spiro atoms. The zero-order chi connectivity index (χ0) is 23.3. The zero-order valence-electron chi connectivity index (χ0n) is 17.7. The van der Waals surface area contributed by atoms with Crippen molar-refractivity contribution in [2.75, 3.05) is 19.8 Å². The van der Waals surface area contributed by atoms with E-state index in [4.69, 9.17) is 15.3 Å². The van der Waals surface area contributed by atoms with Gasteiger partial charge in [-0.1, -0.05) is 5.16 Å². The van der Waals surface area contributed by atoms with Crippen LogP contribution in [0.25, 0.3) is 0 Å². The lowest BCUT2D eigenvalue weighted by Gasteiger charge is -2.26. The van der Waals surface area contributed by atoms with Gasteiger partial charge in [0.25, 0.3) is 0 Å². The minimum Gasteiger partial charge on any atom is -0.457 e. The number of esters is 1. The smallest absolute Gasteiger partial charge is 0.457 e. The minimum absolute atomic E-state index is 0.0805. The van der Waals surface area contributed by atoms with Crippen molar-refractivity contribution in [3.63, 3.8) is 0 Å². The molecule has 0 unspecified atom stereocenters. The highest BCUT2D eigenvalue weighted by Crippen LogP contribution is 2.19. The largest absolute Gasteiger partial charge is 0.508 e. The molecule has 0 aliphatic heterocycles. The van der Waals surface area contributed by atoms with Gasteiger partial charge in [0.15, 0.2) is 5.13 Å². The molecule has 0 aliphatic rings. The van der Waals surface area contributed by atoms with E-state index in [1.54, 1.807) is 20.8 Å². The lowest BCUT2D eigenvalue weighted by molar-refractivity contribution is -0.466. The van der Waals surface area contributed by atoms with E-state index in [0.29, 0.717) is 0 Å². The van der Waals surface area contributed by atoms with E-state index in [1.165, 1.54) is 37.9 Å². The fourth-order valence-corrected chi connectivity index (χ4v) is 2.60. The number of carbonyl (C=O) groups excluding carboxylic acids is 2. The summed E-state index contributed by atoms with van der Waals surface area (Å²) in [5.74, 6) is -2.21. The van der Waals surface area contributed by atoms with E-state index in [9.17, 15) is 18.0 Å². The molecule has 0 bridgehead atoms. The Kier molecular flexibility index (Phi) is 7.91. The maximum Gasteiger partial charge on any atom is 0.508 e. The molecule has 1 rings (SSSR count). The van der Waals surface area contributed by atoms with Crippen LogP contribution < -0.4 is 5.73 Å². The Hall–Kier alpha value is -2.74. The molecule has 0 atom stereocenters. The number of carbonyl (C=O) groups is 2. The molecule has 0 saturated heterocycles. The predicted octanol–water partition coefficient (Wildman–Crippen LogP) is 0.671. The number of nitrogen functional groups attached to an aromatic ring is 1. The molecule has 1 heterocycles. The van der Waals surface area contributed by atoms with Crippen molar-refractivity contribution in [1.82, 2.24) is 4.98 Å². The Morgan fingerprint density at radius 1 is 1.23 bits per heavy atom. The van der Waals surface area contributed by atoms with Crippen molar-refractivity contribution < 1.29 is 40.5 Å². The number of aromatic nitrogens is 1. The first-order valence-electron chi connectivity index (χ1n) is 8.40. The van der Waals surface area contributed by atoms with Crippen LogP contribution in [0.5, 0.6) is 0 Å². The molecular formula is C16H25N4O8S2+. The van der Waals surface area contributed by atoms with Gasteiger partial charge in [0, 0.05) is 5.38 Å². The third-order valence-electron chi connectivity index (χ3n) is 2.76. The van der Waals surface area contributed by atoms with Gasteiger partial charge in [-0.2, -0.15) is 0 Å². The number of nitrogens with two attached hydrogens (primary N) is 1. The van der Waals surface area contributed by atoms with Crippen LogP contribution >= 0.6 is 11.3 Å². The Morgan fingerprint density at radius 3 is 2.30 bits per heavy atom. The van der Waals surface area contributed by atoms with Crippen LogP contribution in [0.2, 0.25) is 0 Å². The number of ether oxygens (including phenoxy) is 1. The summed E-state index contributed by atoms with van der Waals surface area (Å²) in [7, 11) is -1.76. The Morgan fingerprint density at radius 2 is 1.83 bits per heavy atom. The van der Waals surface area contributed by atoms with E-state index in [0.717, 1.165) is 17.7 Å². The van der Waals surface area contributed by atoms with E-state index in [-0.39, 0.29) is 10.8 Å². The van der Waals surface area contributed by atoms with Gasteiger partial charge >= 0.3 is 28.7 Å². The van der Waals surface area contributed by atoms with Gasteiger partial charge in [0.2, 0.25) is 11.3 Å². The molecule has 1 aromatic heterocycles. The molecule has 2 N–H and O–H groups in total. The van der Waals surface area contributed by atoms with Crippen LogP contribution in [0.3, 0.4) is 0 Å². The topological polar surface area (TPSA) is 159 Å². The minimum atomic E-state index is -4.75. The van der Waals surface area contributed by atoms with E-state index in [2.05, 4.69) is 18.5 Å². The summed E-state index contributed by atoms with van der Waals surface area (Å²) in [6, 6.07) is 0. The SMILES string of the molecule is C[N+](C)=COS(=O)(=O)OC(=O)/C(=N\OC(C)(C)C(=O)OC(C)(C)C)c1csc(N)n1. The third-order valence-corrected chi connectivity index (χ3v) is 4.11. The highest BCUT2D eigenvalue weighted by atomic mass is 32.3. The Bertz CT molecular complexity index is 954. The molecule has 0 aromatic carbocycles. The monoisotopic (exact) mass is 465 g/mol. The molecule has 14 heteroatoms. The van der Waals surface area contributed by atoms with Gasteiger partial charge in [-0.25, -0.2) is 19.1 Å². The summed E-state index contributed by atoms with van der Waals surface area (Å²) in [6.45, 7) is 7.71. The van der Waals surface area contributed by atoms with Crippen molar-refractivity contribution in [3.8, 4) is 0 Å². The van der Waals surface area contributed by atoms with Crippen molar-refractivity contribution in [2.45, 2.75) is 45.8 Å². The highest BCUT2D eigenvalue weighted by Gasteiger charge is 2.36. The maximum absolute atomic E-state index is 12.4. The Labute approximate surface area is 178 Å². The van der Waals surface area contributed by atoms with Gasteiger partial charge in [0.05, 0.1) is 0 Å². The van der Waals surface area contributed by atoms with E-state index in [1.807, 2.05) is 0 Å². The number of anilines is 1. The summed E-state index contributed by atoms with van der Waals surface area (Å²) in [5, 5.41) is 5.01. The molecule has 1 aromatic rings. The number of thiazole rings is 1. The van der Waals surface area contributed by atoms with Crippen molar-refractivity contribution in [3.05, 3.63) is 11.1 Å². The number of oxime groups is 1. The second-order valence-corrected chi connectivity index (χ2v) is 9.62. The maximum atomic E-state index is 12.4. The zero-order valence-corrected chi connectivity index (χ0v) is 19.3. The lowest BCUT2D eigenvalue weighted by Crippen LogP contribution is -2.40. The number of hydrogen-bond acceptors (Lipinski definition) is 12. The fraction of sp³-hybridized carbons (Fsp3) is 0.562. The summed E-state index contributed by atoms with van der Waals surface area (Å²) in [6.07, 6.45) is 0.808. The first-order valence-corrected chi connectivity index (χ1v) is 10.6. The first kappa shape index (κ1) is 25.3. The highest BCUT2D eigenvalue weighted by molar-refractivity contribution is 7.82. The van der Waals surface area contributed by atoms with Gasteiger partial charge in [0.1, 0.15) is 25.4 Å². The van der Waals surface area contributed by atoms with Crippen LogP contribution in [0.4, 0.5) is 5.13 Å². The molecule has 168 valence electrons. The van der Waals surface area contributed by atoms with Gasteiger partial charge in [-0.3, -0.25) is 4.18 Å². The first-order chi connectivity index (χ1) is 13.5. The molecule has 0 aliphatic carbocycles. The number of hydrogen-bond donors (Lipinski definition) is 1. The molecule has 0 saturated carbocycles. The standard InChI is InChI=1S/C16H25N4O8S2/c1-15(2,3)26-13(22)16(4,5)28-19-11(10-8-29-14(17)18-10)12(21)27-30(23,24)25-9-20(6)7/h8-9H,1-7H3,(H2,17,18)/q+1/b19-11-. The van der Waals surface area contributed by atoms with Gasteiger partial charge in [-0.15, -0.1) is 19.8 Å². The summed E-state index contributed by atoms with van der Waals surface area (Å²) < 4.78 is 38.9. The molecular weight excluding hydrogens is 440 g/mol. The predicted molar refractivity (Wildman–Crippen MR) is 108 cm³/mol. The normalized spacial score (nSPS) is 12.7. The van der Waals surface area contributed by atoms with Crippen molar-refractivity contribution in [2.24, 2.45) is 5.16 Å². The second kappa shape index (κ2) is 9.38. The van der Waals surface area contributed by atoms with Gasteiger partial charge < -0.3 is 19.5 Å². The van der Waals surface area contributed by atoms with Gasteiger partial charge in [-0.05, 0) is 34.6 Å². The summed E-state index contributed by atoms with van der Waals surface area (Å²) in [4.78, 5) is 33.7. The van der Waals surface area contributed by atoms with E-state index < -0.39 is 39.3 Å². The third kappa shape index (κ3) is 8.32. The lowest BCUT2D eigenvalue weighted by atomic mass is 10.1. The molecule has 0 radical (unpaired) electrons. The van der Waals surface area contributed by atoms with Crippen LogP contribution in [-0.2, 0) is 37.9 Å². The van der Waals surface area contributed by atoms with Crippen LogP contribution in [0.15, 0.2) is 10.5 Å². The van der Waals surface area contributed by atoms with Crippen LogP contribution in [0, 0.1) is 0 Å². The van der Waals surface area contributed by atoms with E-state index >= 15 is 0 Å². The quantitative estimate of drug-likeness (QED) is 0.190. The molecule has 12 nitrogen and oxygen atoms in total. The average molecular weight is 466 g/mol. The number of nitrogens with zero attached hydrogens (tertiary/aromatic N) is 3. The van der Waals surface area contributed by atoms with Crippen LogP contribution in [-0.4, -0.2) is 67.3 Å². The average Bonchev–Trinajstić information content (AvgIpc) is 2.97. The second-order valence-electron chi connectivity index (χ2n) is 7.56.